The number of hydrogen-bond acceptors (Lipinski definition) is 2. The zero-order chi connectivity index (χ0) is 12.2. The Hall–Kier alpha value is -1.38. The molecule has 0 saturated carbocycles. The molecule has 2 aromatic rings. The summed E-state index contributed by atoms with van der Waals surface area (Å²) in [5, 5.41) is 9.81. The number of rotatable bonds is 1. The van der Waals surface area contributed by atoms with Crippen molar-refractivity contribution in [1.82, 2.24) is 10.6 Å². The first-order chi connectivity index (χ1) is 8.93. The van der Waals surface area contributed by atoms with Gasteiger partial charge >= 0.3 is 0 Å². The molecule has 2 nitrogen and oxygen atoms in total. The average Bonchev–Trinajstić information content (AvgIpc) is 2.38. The number of fused-ring (bicyclic) bond motifs is 1. The van der Waals surface area contributed by atoms with Crippen molar-refractivity contribution < 1.29 is 0 Å². The second-order valence-corrected chi connectivity index (χ2v) is 5.02. The fraction of sp³-hybridized carbons (Fsp3) is 0.375. The van der Waals surface area contributed by atoms with Gasteiger partial charge in [-0.25, -0.2) is 0 Å². The third-order valence-corrected chi connectivity index (χ3v) is 3.70. The lowest BCUT2D eigenvalue weighted by molar-refractivity contribution is 0.442. The van der Waals surface area contributed by atoms with E-state index in [0.717, 1.165) is 19.6 Å². The van der Waals surface area contributed by atoms with E-state index in [1.54, 1.807) is 0 Å². The first kappa shape index (κ1) is 11.7. The van der Waals surface area contributed by atoms with Crippen molar-refractivity contribution in [2.75, 3.05) is 19.6 Å². The van der Waals surface area contributed by atoms with Gasteiger partial charge in [-0.05, 0) is 48.3 Å². The van der Waals surface area contributed by atoms with Gasteiger partial charge in [0.05, 0.1) is 0 Å². The smallest absolute Gasteiger partial charge is 0.0446 e. The van der Waals surface area contributed by atoms with E-state index in [9.17, 15) is 0 Å². The van der Waals surface area contributed by atoms with Gasteiger partial charge in [0, 0.05) is 12.6 Å². The van der Waals surface area contributed by atoms with Crippen LogP contribution in [0.2, 0.25) is 0 Å². The molecule has 0 amide bonds. The lowest BCUT2D eigenvalue weighted by atomic mass is 10.0. The molecule has 18 heavy (non-hydrogen) atoms. The molecule has 0 spiro atoms. The minimum Gasteiger partial charge on any atom is -0.315 e. The van der Waals surface area contributed by atoms with Crippen LogP contribution < -0.4 is 10.6 Å². The molecule has 0 bridgehead atoms. The summed E-state index contributed by atoms with van der Waals surface area (Å²) in [5.74, 6) is 0. The van der Waals surface area contributed by atoms with Gasteiger partial charge in [0.1, 0.15) is 0 Å². The van der Waals surface area contributed by atoms with Crippen molar-refractivity contribution >= 4 is 10.8 Å². The number of hydrogen-bond donors (Lipinski definition) is 2. The highest BCUT2D eigenvalue weighted by Crippen LogP contribution is 2.20. The van der Waals surface area contributed by atoms with Crippen LogP contribution in [0.1, 0.15) is 24.4 Å². The van der Waals surface area contributed by atoms with Crippen LogP contribution in [0.3, 0.4) is 0 Å². The summed E-state index contributed by atoms with van der Waals surface area (Å²) in [6.45, 7) is 3.29. The van der Waals surface area contributed by atoms with Crippen molar-refractivity contribution in [1.29, 1.82) is 0 Å². The normalized spacial score (nSPS) is 21.4. The van der Waals surface area contributed by atoms with Crippen LogP contribution in [-0.2, 0) is 0 Å². The van der Waals surface area contributed by atoms with Gasteiger partial charge < -0.3 is 10.6 Å². The van der Waals surface area contributed by atoms with Gasteiger partial charge in [-0.2, -0.15) is 0 Å². The minimum absolute atomic E-state index is 0.440. The molecular weight excluding hydrogens is 220 g/mol. The van der Waals surface area contributed by atoms with Crippen LogP contribution in [0.25, 0.3) is 10.8 Å². The molecule has 3 rings (SSSR count). The lowest BCUT2D eigenvalue weighted by Gasteiger charge is -2.23. The molecule has 1 unspecified atom stereocenters. The fourth-order valence-corrected chi connectivity index (χ4v) is 2.63. The van der Waals surface area contributed by atoms with E-state index in [0.29, 0.717) is 6.04 Å². The molecule has 0 aliphatic carbocycles. The first-order valence-corrected chi connectivity index (χ1v) is 6.86. The molecule has 2 aromatic carbocycles. The molecule has 1 aliphatic heterocycles. The van der Waals surface area contributed by atoms with E-state index in [1.165, 1.54) is 29.2 Å². The third kappa shape index (κ3) is 2.55. The van der Waals surface area contributed by atoms with Crippen molar-refractivity contribution in [2.45, 2.75) is 18.9 Å². The van der Waals surface area contributed by atoms with Crippen molar-refractivity contribution in [3.63, 3.8) is 0 Å². The van der Waals surface area contributed by atoms with Crippen molar-refractivity contribution in [2.24, 2.45) is 0 Å². The second kappa shape index (κ2) is 5.51. The number of benzene rings is 2. The van der Waals surface area contributed by atoms with Gasteiger partial charge in [-0.3, -0.25) is 0 Å². The lowest BCUT2D eigenvalue weighted by Crippen LogP contribution is -2.35. The maximum absolute atomic E-state index is 3.64. The molecular formula is C16H20N2. The van der Waals surface area contributed by atoms with E-state index in [4.69, 9.17) is 0 Å². The van der Waals surface area contributed by atoms with Crippen LogP contribution in [-0.4, -0.2) is 19.6 Å². The van der Waals surface area contributed by atoms with E-state index < -0.39 is 0 Å². The van der Waals surface area contributed by atoms with Crippen LogP contribution in [0.4, 0.5) is 0 Å². The Kier molecular flexibility index (Phi) is 3.58. The maximum Gasteiger partial charge on any atom is 0.0446 e. The molecule has 0 aromatic heterocycles. The summed E-state index contributed by atoms with van der Waals surface area (Å²) in [6, 6.07) is 15.8. The van der Waals surface area contributed by atoms with Crippen molar-refractivity contribution in [3.05, 3.63) is 48.0 Å². The Balaban J connectivity index is 1.87. The summed E-state index contributed by atoms with van der Waals surface area (Å²) in [5.41, 5.74) is 1.39. The van der Waals surface area contributed by atoms with Gasteiger partial charge in [-0.15, -0.1) is 0 Å². The van der Waals surface area contributed by atoms with Crippen LogP contribution >= 0.6 is 0 Å². The molecule has 2 heteroatoms. The maximum atomic E-state index is 3.64. The SMILES string of the molecule is c1ccc2cc(C3CNCCCCN3)ccc2c1. The second-order valence-electron chi connectivity index (χ2n) is 5.02. The predicted octanol–water partition coefficient (Wildman–Crippen LogP) is 2.85. The monoisotopic (exact) mass is 240 g/mol. The molecule has 1 saturated heterocycles. The summed E-state index contributed by atoms with van der Waals surface area (Å²) >= 11 is 0. The Morgan fingerprint density at radius 3 is 2.67 bits per heavy atom. The first-order valence-electron chi connectivity index (χ1n) is 6.86. The zero-order valence-corrected chi connectivity index (χ0v) is 10.7. The molecule has 1 atom stereocenters. The molecule has 2 N–H and O–H groups in total. The third-order valence-electron chi connectivity index (χ3n) is 3.70. The molecule has 1 aliphatic rings. The number of nitrogens with one attached hydrogen (secondary N) is 2. The Labute approximate surface area is 108 Å². The van der Waals surface area contributed by atoms with Gasteiger partial charge in [0.25, 0.3) is 0 Å². The Bertz CT molecular complexity index is 513. The molecule has 1 heterocycles. The molecule has 0 radical (unpaired) electrons. The Morgan fingerprint density at radius 2 is 1.72 bits per heavy atom. The van der Waals surface area contributed by atoms with E-state index in [1.807, 2.05) is 0 Å². The van der Waals surface area contributed by atoms with Crippen LogP contribution in [0, 0.1) is 0 Å². The Morgan fingerprint density at radius 1 is 0.889 bits per heavy atom. The topological polar surface area (TPSA) is 24.1 Å². The van der Waals surface area contributed by atoms with Gasteiger partial charge in [-0.1, -0.05) is 36.4 Å². The zero-order valence-electron chi connectivity index (χ0n) is 10.7. The van der Waals surface area contributed by atoms with Crippen molar-refractivity contribution in [3.8, 4) is 0 Å². The van der Waals surface area contributed by atoms with Crippen LogP contribution in [0.15, 0.2) is 42.5 Å². The fourth-order valence-electron chi connectivity index (χ4n) is 2.63. The summed E-state index contributed by atoms with van der Waals surface area (Å²) in [6.07, 6.45) is 2.54. The van der Waals surface area contributed by atoms with E-state index in [2.05, 4.69) is 53.1 Å². The largest absolute Gasteiger partial charge is 0.315 e. The summed E-state index contributed by atoms with van der Waals surface area (Å²) < 4.78 is 0. The van der Waals surface area contributed by atoms with Gasteiger partial charge in [0.2, 0.25) is 0 Å². The minimum atomic E-state index is 0.440. The quantitative estimate of drug-likeness (QED) is 0.801. The van der Waals surface area contributed by atoms with Crippen LogP contribution in [0.5, 0.6) is 0 Å². The highest BCUT2D eigenvalue weighted by Gasteiger charge is 2.12. The van der Waals surface area contributed by atoms with Gasteiger partial charge in [0.15, 0.2) is 0 Å². The standard InChI is InChI=1S/C16H20N2/c1-2-6-14-11-15(8-7-13(14)5-1)16-12-17-9-3-4-10-18-16/h1-2,5-8,11,16-18H,3-4,9-10,12H2. The molecule has 1 fully saturated rings. The van der Waals surface area contributed by atoms with E-state index in [-0.39, 0.29) is 0 Å². The average molecular weight is 240 g/mol. The van der Waals surface area contributed by atoms with E-state index >= 15 is 0 Å². The molecule has 94 valence electrons. The highest BCUT2D eigenvalue weighted by atomic mass is 15.0. The predicted molar refractivity (Wildman–Crippen MR) is 76.8 cm³/mol. The highest BCUT2D eigenvalue weighted by molar-refractivity contribution is 5.83. The summed E-state index contributed by atoms with van der Waals surface area (Å²) in [4.78, 5) is 0. The summed E-state index contributed by atoms with van der Waals surface area (Å²) in [7, 11) is 0.